The fraction of sp³-hybridized carbons (Fsp3) is 0.412. The van der Waals surface area contributed by atoms with Crippen molar-refractivity contribution in [3.63, 3.8) is 0 Å². The Morgan fingerprint density at radius 3 is 2.52 bits per heavy atom. The van der Waals surface area contributed by atoms with E-state index in [1.807, 2.05) is 0 Å². The van der Waals surface area contributed by atoms with Gasteiger partial charge in [-0.3, -0.25) is 0 Å². The van der Waals surface area contributed by atoms with Gasteiger partial charge in [0.15, 0.2) is 22.9 Å². The second-order valence-electron chi connectivity index (χ2n) is 6.54. The van der Waals surface area contributed by atoms with Crippen LogP contribution in [0.2, 0.25) is 0 Å². The molecule has 0 aromatic carbocycles. The fourth-order valence-electron chi connectivity index (χ4n) is 2.83. The first-order valence-electron chi connectivity index (χ1n) is 8.67. The van der Waals surface area contributed by atoms with Crippen LogP contribution in [-0.4, -0.2) is 58.8 Å². The highest BCUT2D eigenvalue weighted by molar-refractivity contribution is 5.67. The van der Waals surface area contributed by atoms with Gasteiger partial charge >= 0.3 is 6.18 Å². The Labute approximate surface area is 164 Å². The van der Waals surface area contributed by atoms with Gasteiger partial charge in [0, 0.05) is 37.3 Å². The van der Waals surface area contributed by atoms with Crippen LogP contribution < -0.4 is 16.4 Å². The number of aromatic hydroxyl groups is 1. The lowest BCUT2D eigenvalue weighted by Crippen LogP contribution is -2.52. The molecule has 0 saturated carbocycles. The van der Waals surface area contributed by atoms with E-state index in [1.54, 1.807) is 4.90 Å². The van der Waals surface area contributed by atoms with Gasteiger partial charge in [-0.1, -0.05) is 0 Å². The summed E-state index contributed by atoms with van der Waals surface area (Å²) in [6, 6.07) is 2.74. The van der Waals surface area contributed by atoms with E-state index in [9.17, 15) is 18.3 Å². The van der Waals surface area contributed by atoms with E-state index in [0.29, 0.717) is 32.5 Å². The zero-order valence-corrected chi connectivity index (χ0v) is 15.3. The van der Waals surface area contributed by atoms with E-state index in [1.165, 1.54) is 18.3 Å². The predicted octanol–water partition coefficient (Wildman–Crippen LogP) is 1.42. The second-order valence-corrected chi connectivity index (χ2v) is 6.54. The number of anilines is 2. The number of nitrogen functional groups attached to an aromatic ring is 1. The Morgan fingerprint density at radius 2 is 1.93 bits per heavy atom. The molecule has 1 aliphatic heterocycles. The van der Waals surface area contributed by atoms with E-state index in [0.717, 1.165) is 0 Å². The van der Waals surface area contributed by atoms with Gasteiger partial charge in [-0.25, -0.2) is 15.0 Å². The van der Waals surface area contributed by atoms with Gasteiger partial charge in [0.1, 0.15) is 5.82 Å². The van der Waals surface area contributed by atoms with Crippen LogP contribution >= 0.6 is 0 Å². The van der Waals surface area contributed by atoms with Gasteiger partial charge in [-0.15, -0.1) is 0 Å². The number of nitrogens with two attached hydrogens (primary N) is 2. The molecular formula is C17H20F3N7O2. The Bertz CT molecular complexity index is 903. The molecule has 29 heavy (non-hydrogen) atoms. The molecule has 6 N–H and O–H groups in total. The summed E-state index contributed by atoms with van der Waals surface area (Å²) in [5.74, 6) is -0.897. The molecule has 9 nitrogen and oxygen atoms in total. The maximum Gasteiger partial charge on any atom is 0.414 e. The number of aromatic nitrogens is 3. The normalized spacial score (nSPS) is 17.0. The fourth-order valence-corrected chi connectivity index (χ4v) is 2.83. The molecule has 1 aliphatic rings. The van der Waals surface area contributed by atoms with Crippen molar-refractivity contribution in [3.05, 3.63) is 24.2 Å². The molecule has 1 atom stereocenters. The second kappa shape index (κ2) is 7.79. The Morgan fingerprint density at radius 1 is 1.24 bits per heavy atom. The summed E-state index contributed by atoms with van der Waals surface area (Å²) in [5, 5.41) is 17.0. The zero-order chi connectivity index (χ0) is 21.2. The minimum absolute atomic E-state index is 0.0864. The smallest absolute Gasteiger partial charge is 0.414 e. The summed E-state index contributed by atoms with van der Waals surface area (Å²) in [6.45, 7) is 1.64. The third kappa shape index (κ3) is 4.07. The molecule has 0 radical (unpaired) electrons. The first-order valence-corrected chi connectivity index (χ1v) is 8.67. The molecule has 1 unspecified atom stereocenters. The summed E-state index contributed by atoms with van der Waals surface area (Å²) in [6.07, 6.45) is -3.86. The Kier molecular flexibility index (Phi) is 5.57. The molecule has 2 aromatic heterocycles. The monoisotopic (exact) mass is 411 g/mol. The van der Waals surface area contributed by atoms with Crippen LogP contribution in [0.4, 0.5) is 24.8 Å². The van der Waals surface area contributed by atoms with Crippen molar-refractivity contribution in [2.75, 3.05) is 36.9 Å². The number of nitrogens with one attached hydrogen (secondary N) is 1. The van der Waals surface area contributed by atoms with Crippen molar-refractivity contribution in [1.29, 1.82) is 5.41 Å². The first-order chi connectivity index (χ1) is 13.7. The molecule has 0 spiro atoms. The average molecular weight is 411 g/mol. The minimum atomic E-state index is -4.90. The lowest BCUT2D eigenvalue weighted by atomic mass is 9.94. The lowest BCUT2D eigenvalue weighted by Gasteiger charge is -2.32. The van der Waals surface area contributed by atoms with Crippen molar-refractivity contribution < 1.29 is 23.0 Å². The van der Waals surface area contributed by atoms with E-state index < -0.39 is 24.0 Å². The Hall–Kier alpha value is -2.99. The highest BCUT2D eigenvalue weighted by Gasteiger charge is 2.55. The minimum Gasteiger partial charge on any atom is -0.504 e. The molecule has 0 bridgehead atoms. The van der Waals surface area contributed by atoms with Crippen LogP contribution in [0.1, 0.15) is 12.2 Å². The van der Waals surface area contributed by atoms with Crippen LogP contribution in [-0.2, 0) is 10.3 Å². The standard InChI is InChI=1S/C17H20F3N7O2/c18-17(19,20)16(23,1-2-21)15-25-11(10-7-12(28)14(22)24-9-10)8-13(26-15)27-3-5-29-6-4-27/h2,7-9,21,28H,1,3-6,23H2,(H2,22,24). The van der Waals surface area contributed by atoms with Gasteiger partial charge in [0.2, 0.25) is 0 Å². The molecule has 0 amide bonds. The van der Waals surface area contributed by atoms with Crippen molar-refractivity contribution in [2.24, 2.45) is 5.73 Å². The predicted molar refractivity (Wildman–Crippen MR) is 99.7 cm³/mol. The largest absolute Gasteiger partial charge is 0.504 e. The molecule has 1 fully saturated rings. The quantitative estimate of drug-likeness (QED) is 0.540. The number of morpholine rings is 1. The van der Waals surface area contributed by atoms with E-state index in [-0.39, 0.29) is 28.6 Å². The molecule has 12 heteroatoms. The third-order valence-corrected chi connectivity index (χ3v) is 4.57. The number of hydrogen-bond donors (Lipinski definition) is 4. The lowest BCUT2D eigenvalue weighted by molar-refractivity contribution is -0.189. The van der Waals surface area contributed by atoms with Crippen molar-refractivity contribution in [2.45, 2.75) is 18.1 Å². The first kappa shape index (κ1) is 20.7. The average Bonchev–Trinajstić information content (AvgIpc) is 2.69. The number of halogens is 3. The summed E-state index contributed by atoms with van der Waals surface area (Å²) < 4.78 is 46.7. The number of alkyl halides is 3. The highest BCUT2D eigenvalue weighted by Crippen LogP contribution is 2.39. The molecule has 1 saturated heterocycles. The van der Waals surface area contributed by atoms with Gasteiger partial charge in [0.05, 0.1) is 18.9 Å². The van der Waals surface area contributed by atoms with E-state index in [4.69, 9.17) is 21.6 Å². The van der Waals surface area contributed by atoms with Crippen LogP contribution in [0, 0.1) is 5.41 Å². The van der Waals surface area contributed by atoms with Gasteiger partial charge in [-0.05, 0) is 12.3 Å². The van der Waals surface area contributed by atoms with Crippen LogP contribution in [0.15, 0.2) is 18.3 Å². The number of hydrogen-bond acceptors (Lipinski definition) is 9. The summed E-state index contributed by atoms with van der Waals surface area (Å²) in [5.41, 5.74) is 8.56. The molecule has 156 valence electrons. The number of rotatable bonds is 5. The number of pyridine rings is 1. The van der Waals surface area contributed by atoms with E-state index in [2.05, 4.69) is 15.0 Å². The van der Waals surface area contributed by atoms with Crippen LogP contribution in [0.25, 0.3) is 11.3 Å². The van der Waals surface area contributed by atoms with Crippen LogP contribution in [0.5, 0.6) is 5.75 Å². The van der Waals surface area contributed by atoms with Gasteiger partial charge in [-0.2, -0.15) is 13.2 Å². The summed E-state index contributed by atoms with van der Waals surface area (Å²) in [7, 11) is 0. The topological polar surface area (TPSA) is 147 Å². The zero-order valence-electron chi connectivity index (χ0n) is 15.3. The third-order valence-electron chi connectivity index (χ3n) is 4.57. The van der Waals surface area contributed by atoms with Crippen molar-refractivity contribution >= 4 is 17.9 Å². The summed E-state index contributed by atoms with van der Waals surface area (Å²) >= 11 is 0. The number of ether oxygens (including phenoxy) is 1. The highest BCUT2D eigenvalue weighted by atomic mass is 19.4. The molecule has 0 aliphatic carbocycles. The van der Waals surface area contributed by atoms with Crippen LogP contribution in [0.3, 0.4) is 0 Å². The van der Waals surface area contributed by atoms with E-state index >= 15 is 0 Å². The SMILES string of the molecule is N=CCC(N)(c1nc(-c2cnc(N)c(O)c2)cc(N2CCOCC2)n1)C(F)(F)F. The molecule has 2 aromatic rings. The van der Waals surface area contributed by atoms with Gasteiger partial charge < -0.3 is 31.6 Å². The molecule has 3 rings (SSSR count). The maximum absolute atomic E-state index is 13.8. The van der Waals surface area contributed by atoms with Crippen molar-refractivity contribution in [3.8, 4) is 17.0 Å². The summed E-state index contributed by atoms with van der Waals surface area (Å²) in [4.78, 5) is 13.7. The van der Waals surface area contributed by atoms with Crippen molar-refractivity contribution in [1.82, 2.24) is 15.0 Å². The maximum atomic E-state index is 13.8. The number of nitrogens with zero attached hydrogens (tertiary/aromatic N) is 4. The van der Waals surface area contributed by atoms with Gasteiger partial charge in [0.25, 0.3) is 0 Å². The molecular weight excluding hydrogens is 391 g/mol. The molecule has 3 heterocycles. The Balaban J connectivity index is 2.19.